The molecule has 0 aromatic carbocycles. The minimum atomic E-state index is 0.317. The highest BCUT2D eigenvalue weighted by Crippen LogP contribution is 2.63. The number of hydrogen-bond donors (Lipinski definition) is 2. The lowest BCUT2D eigenvalue weighted by Gasteiger charge is -2.08. The summed E-state index contributed by atoms with van der Waals surface area (Å²) in [7, 11) is 1.86. The zero-order valence-electron chi connectivity index (χ0n) is 10.6. The number of nitrogens with zero attached hydrogens (tertiary/aromatic N) is 2. The number of anilines is 2. The van der Waals surface area contributed by atoms with Crippen LogP contribution < -0.4 is 10.6 Å². The maximum Gasteiger partial charge on any atom is 0.131 e. The van der Waals surface area contributed by atoms with Crippen LogP contribution in [0.3, 0.4) is 0 Å². The summed E-state index contributed by atoms with van der Waals surface area (Å²) in [4.78, 5) is 8.33. The summed E-state index contributed by atoms with van der Waals surface area (Å²) in [5.74, 6) is 1.73. The monoisotopic (exact) mass is 220 g/mol. The Morgan fingerprint density at radius 2 is 1.62 bits per heavy atom. The van der Waals surface area contributed by atoms with Crippen LogP contribution in [0.4, 0.5) is 11.6 Å². The van der Waals surface area contributed by atoms with E-state index >= 15 is 0 Å². The topological polar surface area (TPSA) is 49.8 Å². The molecule has 16 heavy (non-hydrogen) atoms. The van der Waals surface area contributed by atoms with Crippen LogP contribution in [0.5, 0.6) is 0 Å². The first-order chi connectivity index (χ1) is 7.39. The highest BCUT2D eigenvalue weighted by atomic mass is 15.1. The first-order valence-corrected chi connectivity index (χ1v) is 5.66. The van der Waals surface area contributed by atoms with Crippen LogP contribution in [0.15, 0.2) is 12.4 Å². The van der Waals surface area contributed by atoms with Crippen LogP contribution in [0.1, 0.15) is 27.7 Å². The second-order valence-electron chi connectivity index (χ2n) is 5.56. The second-order valence-corrected chi connectivity index (χ2v) is 5.56. The van der Waals surface area contributed by atoms with Gasteiger partial charge in [-0.25, -0.2) is 9.97 Å². The number of aromatic nitrogens is 2. The van der Waals surface area contributed by atoms with Crippen molar-refractivity contribution in [2.75, 3.05) is 17.7 Å². The van der Waals surface area contributed by atoms with E-state index in [1.54, 1.807) is 6.33 Å². The van der Waals surface area contributed by atoms with E-state index in [9.17, 15) is 0 Å². The lowest BCUT2D eigenvalue weighted by atomic mass is 10.0. The van der Waals surface area contributed by atoms with E-state index < -0.39 is 0 Å². The van der Waals surface area contributed by atoms with Crippen LogP contribution in [0.2, 0.25) is 0 Å². The van der Waals surface area contributed by atoms with Gasteiger partial charge in [-0.3, -0.25) is 0 Å². The zero-order chi connectivity index (χ0) is 12.0. The third kappa shape index (κ3) is 1.52. The van der Waals surface area contributed by atoms with Crippen LogP contribution in [0.25, 0.3) is 0 Å². The Bertz CT molecular complexity index is 384. The summed E-state index contributed by atoms with van der Waals surface area (Å²) in [6.45, 7) is 9.13. The van der Waals surface area contributed by atoms with Gasteiger partial charge in [0.25, 0.3) is 0 Å². The van der Waals surface area contributed by atoms with Gasteiger partial charge >= 0.3 is 0 Å². The lowest BCUT2D eigenvalue weighted by molar-refractivity contribution is 0.457. The molecule has 1 aromatic heterocycles. The van der Waals surface area contributed by atoms with Crippen LogP contribution in [-0.4, -0.2) is 23.1 Å². The van der Waals surface area contributed by atoms with E-state index in [2.05, 4.69) is 48.3 Å². The number of nitrogens with one attached hydrogen (secondary N) is 2. The molecule has 0 saturated heterocycles. The normalized spacial score (nSPS) is 21.6. The fraction of sp³-hybridized carbons (Fsp3) is 0.667. The van der Waals surface area contributed by atoms with Crippen molar-refractivity contribution in [1.29, 1.82) is 0 Å². The zero-order valence-corrected chi connectivity index (χ0v) is 10.6. The van der Waals surface area contributed by atoms with Crippen molar-refractivity contribution in [3.8, 4) is 0 Å². The van der Waals surface area contributed by atoms with Crippen LogP contribution >= 0.6 is 0 Å². The van der Waals surface area contributed by atoms with Gasteiger partial charge in [0.1, 0.15) is 18.0 Å². The summed E-state index contributed by atoms with van der Waals surface area (Å²) >= 11 is 0. The molecule has 0 bridgehead atoms. The fourth-order valence-electron chi connectivity index (χ4n) is 2.28. The van der Waals surface area contributed by atoms with E-state index in [-0.39, 0.29) is 0 Å². The van der Waals surface area contributed by atoms with Gasteiger partial charge in [0.2, 0.25) is 0 Å². The third-order valence-electron chi connectivity index (χ3n) is 4.24. The quantitative estimate of drug-likeness (QED) is 0.821. The molecule has 0 spiro atoms. The fourth-order valence-corrected chi connectivity index (χ4v) is 2.28. The molecule has 1 heterocycles. The Kier molecular flexibility index (Phi) is 2.33. The maximum absolute atomic E-state index is 4.24. The Balaban J connectivity index is 2.12. The predicted octanol–water partition coefficient (Wildman–Crippen LogP) is 2.36. The molecule has 1 aromatic rings. The average Bonchev–Trinajstić information content (AvgIpc) is 2.61. The molecule has 88 valence electrons. The van der Waals surface area contributed by atoms with Gasteiger partial charge in [0.05, 0.1) is 0 Å². The van der Waals surface area contributed by atoms with Crippen molar-refractivity contribution in [2.45, 2.75) is 33.7 Å². The first kappa shape index (κ1) is 11.2. The molecule has 4 nitrogen and oxygen atoms in total. The van der Waals surface area contributed by atoms with Gasteiger partial charge in [-0.1, -0.05) is 27.7 Å². The van der Waals surface area contributed by atoms with E-state index in [0.29, 0.717) is 16.9 Å². The molecule has 2 N–H and O–H groups in total. The summed E-state index contributed by atoms with van der Waals surface area (Å²) in [6.07, 6.45) is 1.58. The van der Waals surface area contributed by atoms with Crippen molar-refractivity contribution in [2.24, 2.45) is 10.8 Å². The van der Waals surface area contributed by atoms with E-state index in [0.717, 1.165) is 11.6 Å². The summed E-state index contributed by atoms with van der Waals surface area (Å²) in [5, 5.41) is 6.49. The lowest BCUT2D eigenvalue weighted by Crippen LogP contribution is -2.11. The molecule has 0 aliphatic heterocycles. The summed E-state index contributed by atoms with van der Waals surface area (Å²) in [6, 6.07) is 2.41. The van der Waals surface area contributed by atoms with Crippen molar-refractivity contribution < 1.29 is 0 Å². The molecule has 2 rings (SSSR count). The highest BCUT2D eigenvalue weighted by Gasteiger charge is 2.65. The predicted molar refractivity (Wildman–Crippen MR) is 66.6 cm³/mol. The van der Waals surface area contributed by atoms with Crippen LogP contribution in [-0.2, 0) is 0 Å². The molecular formula is C12H20N4. The van der Waals surface area contributed by atoms with E-state index in [1.807, 2.05) is 13.1 Å². The summed E-state index contributed by atoms with van der Waals surface area (Å²) in [5.41, 5.74) is 0.634. The molecular weight excluding hydrogens is 200 g/mol. The van der Waals surface area contributed by atoms with Gasteiger partial charge in [-0.15, -0.1) is 0 Å². The molecule has 4 heteroatoms. The van der Waals surface area contributed by atoms with Crippen molar-refractivity contribution in [3.63, 3.8) is 0 Å². The SMILES string of the molecule is CNc1cc(NC2C(C)(C)C2(C)C)ncn1. The number of rotatable bonds is 3. The van der Waals surface area contributed by atoms with Gasteiger partial charge in [-0.2, -0.15) is 0 Å². The van der Waals surface area contributed by atoms with Crippen molar-refractivity contribution >= 4 is 11.6 Å². The van der Waals surface area contributed by atoms with E-state index in [1.165, 1.54) is 0 Å². The Morgan fingerprint density at radius 3 is 2.12 bits per heavy atom. The first-order valence-electron chi connectivity index (χ1n) is 5.66. The molecule has 0 atom stereocenters. The molecule has 1 saturated carbocycles. The van der Waals surface area contributed by atoms with Crippen LogP contribution in [0, 0.1) is 10.8 Å². The van der Waals surface area contributed by atoms with E-state index in [4.69, 9.17) is 0 Å². The Labute approximate surface area is 96.9 Å². The van der Waals surface area contributed by atoms with Crippen molar-refractivity contribution in [3.05, 3.63) is 12.4 Å². The largest absolute Gasteiger partial charge is 0.373 e. The van der Waals surface area contributed by atoms with Gasteiger partial charge in [-0.05, 0) is 10.8 Å². The molecule has 1 aliphatic carbocycles. The Morgan fingerprint density at radius 1 is 1.06 bits per heavy atom. The maximum atomic E-state index is 4.24. The molecule has 1 aliphatic rings. The van der Waals surface area contributed by atoms with Gasteiger partial charge in [0, 0.05) is 19.2 Å². The standard InChI is InChI=1S/C12H20N4/c1-11(2)10(12(11,3)4)16-9-6-8(13-5)14-7-15-9/h6-7,10H,1-5H3,(H2,13,14,15,16). The smallest absolute Gasteiger partial charge is 0.131 e. The van der Waals surface area contributed by atoms with Gasteiger partial charge in [0.15, 0.2) is 0 Å². The minimum absolute atomic E-state index is 0.317. The minimum Gasteiger partial charge on any atom is -0.373 e. The second kappa shape index (κ2) is 3.34. The van der Waals surface area contributed by atoms with Crippen molar-refractivity contribution in [1.82, 2.24) is 9.97 Å². The number of hydrogen-bond acceptors (Lipinski definition) is 4. The van der Waals surface area contributed by atoms with Gasteiger partial charge < -0.3 is 10.6 Å². The summed E-state index contributed by atoms with van der Waals surface area (Å²) < 4.78 is 0. The third-order valence-corrected chi connectivity index (χ3v) is 4.24. The molecule has 1 fully saturated rings. The highest BCUT2D eigenvalue weighted by molar-refractivity contribution is 5.49. The molecule has 0 unspecified atom stereocenters. The average molecular weight is 220 g/mol. The Hall–Kier alpha value is -1.32. The molecule has 0 radical (unpaired) electrons. The molecule has 0 amide bonds.